The molecule has 0 bridgehead atoms. The van der Waals surface area contributed by atoms with Crippen molar-refractivity contribution in [3.8, 4) is 0 Å². The normalized spacial score (nSPS) is 38.6. The standard InChI is InChI=1S/C21H26O8/c1-9(2)19(24)28-14-6-10(3)13-7-15(23)21(26,8-27-12(5)22)17(13)18-16(14)11(4)20(25)29-18/h13-18,23,26H,1,3-4,6-8H2,2,5H3/t13-,14-,15-,16+,17-,18-,21+/m0/s1. The van der Waals surface area contributed by atoms with Crippen molar-refractivity contribution in [2.75, 3.05) is 6.61 Å². The molecule has 0 spiro atoms. The molecule has 3 aliphatic rings. The summed E-state index contributed by atoms with van der Waals surface area (Å²) in [5.74, 6) is -3.84. The first-order valence-electron chi connectivity index (χ1n) is 9.45. The molecule has 7 atom stereocenters. The fourth-order valence-electron chi connectivity index (χ4n) is 4.73. The lowest BCUT2D eigenvalue weighted by Gasteiger charge is -2.37. The Morgan fingerprint density at radius 2 is 1.97 bits per heavy atom. The predicted molar refractivity (Wildman–Crippen MR) is 100 cm³/mol. The molecule has 0 radical (unpaired) electrons. The van der Waals surface area contributed by atoms with Crippen LogP contribution in [-0.4, -0.2) is 58.6 Å². The Morgan fingerprint density at radius 3 is 2.55 bits per heavy atom. The molecule has 2 N–H and O–H groups in total. The molecule has 1 heterocycles. The zero-order valence-electron chi connectivity index (χ0n) is 16.6. The second-order valence-electron chi connectivity index (χ2n) is 8.16. The van der Waals surface area contributed by atoms with Gasteiger partial charge in [0.05, 0.1) is 12.0 Å². The van der Waals surface area contributed by atoms with E-state index in [-0.39, 0.29) is 24.0 Å². The lowest BCUT2D eigenvalue weighted by Crippen LogP contribution is -2.54. The van der Waals surface area contributed by atoms with Crippen LogP contribution in [0.25, 0.3) is 0 Å². The first-order chi connectivity index (χ1) is 13.5. The van der Waals surface area contributed by atoms with Gasteiger partial charge in [0, 0.05) is 30.4 Å². The van der Waals surface area contributed by atoms with E-state index in [0.29, 0.717) is 5.57 Å². The van der Waals surface area contributed by atoms with Gasteiger partial charge in [0.2, 0.25) is 0 Å². The Morgan fingerprint density at radius 1 is 1.31 bits per heavy atom. The van der Waals surface area contributed by atoms with Crippen molar-refractivity contribution in [3.63, 3.8) is 0 Å². The number of hydrogen-bond donors (Lipinski definition) is 2. The second-order valence-corrected chi connectivity index (χ2v) is 8.16. The maximum absolute atomic E-state index is 12.3. The first-order valence-corrected chi connectivity index (χ1v) is 9.45. The molecule has 3 rings (SSSR count). The Bertz CT molecular complexity index is 799. The third-order valence-electron chi connectivity index (χ3n) is 6.18. The quantitative estimate of drug-likeness (QED) is 0.305. The van der Waals surface area contributed by atoms with Gasteiger partial charge in [-0.3, -0.25) is 4.79 Å². The maximum atomic E-state index is 12.3. The molecule has 0 unspecified atom stereocenters. The van der Waals surface area contributed by atoms with Gasteiger partial charge in [-0.15, -0.1) is 0 Å². The average Bonchev–Trinajstić information content (AvgIpc) is 3.02. The van der Waals surface area contributed by atoms with Crippen LogP contribution in [0.2, 0.25) is 0 Å². The number of carbonyl (C=O) groups is 3. The second kappa shape index (κ2) is 7.42. The Balaban J connectivity index is 2.02. The van der Waals surface area contributed by atoms with E-state index in [4.69, 9.17) is 14.2 Å². The van der Waals surface area contributed by atoms with Crippen LogP contribution in [0.3, 0.4) is 0 Å². The Hall–Kier alpha value is -2.45. The van der Waals surface area contributed by atoms with Gasteiger partial charge < -0.3 is 24.4 Å². The fraction of sp³-hybridized carbons (Fsp3) is 0.571. The van der Waals surface area contributed by atoms with Crippen LogP contribution in [-0.2, 0) is 28.6 Å². The minimum Gasteiger partial charge on any atom is -0.463 e. The van der Waals surface area contributed by atoms with Gasteiger partial charge in [0.15, 0.2) is 0 Å². The van der Waals surface area contributed by atoms with E-state index in [2.05, 4.69) is 19.7 Å². The maximum Gasteiger partial charge on any atom is 0.334 e. The summed E-state index contributed by atoms with van der Waals surface area (Å²) in [6.45, 7) is 13.7. The highest BCUT2D eigenvalue weighted by molar-refractivity contribution is 5.91. The van der Waals surface area contributed by atoms with E-state index in [0.717, 1.165) is 0 Å². The van der Waals surface area contributed by atoms with Crippen LogP contribution in [0.1, 0.15) is 26.7 Å². The van der Waals surface area contributed by atoms with Crippen LogP contribution >= 0.6 is 0 Å². The van der Waals surface area contributed by atoms with E-state index >= 15 is 0 Å². The monoisotopic (exact) mass is 406 g/mol. The molecule has 3 fully saturated rings. The number of fused-ring (bicyclic) bond motifs is 3. The van der Waals surface area contributed by atoms with Crippen molar-refractivity contribution in [3.05, 3.63) is 36.5 Å². The molecule has 8 nitrogen and oxygen atoms in total. The van der Waals surface area contributed by atoms with Crippen LogP contribution in [0.15, 0.2) is 36.5 Å². The molecule has 0 aromatic carbocycles. The smallest absolute Gasteiger partial charge is 0.334 e. The summed E-state index contributed by atoms with van der Waals surface area (Å²) in [6.07, 6.45) is -2.55. The van der Waals surface area contributed by atoms with E-state index in [1.54, 1.807) is 0 Å². The third kappa shape index (κ3) is 3.51. The molecule has 29 heavy (non-hydrogen) atoms. The average molecular weight is 406 g/mol. The number of aliphatic hydroxyl groups is 2. The van der Waals surface area contributed by atoms with Gasteiger partial charge in [-0.2, -0.15) is 0 Å². The van der Waals surface area contributed by atoms with Crippen molar-refractivity contribution in [1.82, 2.24) is 0 Å². The Kier molecular flexibility index (Phi) is 5.44. The number of rotatable bonds is 4. The number of esters is 3. The number of ether oxygens (including phenoxy) is 3. The number of carbonyl (C=O) groups excluding carboxylic acids is 3. The van der Waals surface area contributed by atoms with E-state index in [9.17, 15) is 24.6 Å². The zero-order valence-corrected chi connectivity index (χ0v) is 16.6. The van der Waals surface area contributed by atoms with Gasteiger partial charge in [-0.25, -0.2) is 9.59 Å². The molecule has 1 aliphatic heterocycles. The number of hydrogen-bond acceptors (Lipinski definition) is 8. The molecule has 2 aliphatic carbocycles. The molecular weight excluding hydrogens is 380 g/mol. The molecule has 2 saturated carbocycles. The third-order valence-corrected chi connectivity index (χ3v) is 6.18. The van der Waals surface area contributed by atoms with Gasteiger partial charge in [-0.1, -0.05) is 25.3 Å². The summed E-state index contributed by atoms with van der Waals surface area (Å²) in [6, 6.07) is 0. The molecule has 0 amide bonds. The summed E-state index contributed by atoms with van der Waals surface area (Å²) in [5, 5.41) is 21.9. The predicted octanol–water partition coefficient (Wildman–Crippen LogP) is 0.823. The molecule has 0 aromatic heterocycles. The summed E-state index contributed by atoms with van der Waals surface area (Å²) in [4.78, 5) is 35.8. The van der Waals surface area contributed by atoms with E-state index < -0.39 is 66.2 Å². The van der Waals surface area contributed by atoms with Crippen molar-refractivity contribution in [2.24, 2.45) is 17.8 Å². The highest BCUT2D eigenvalue weighted by Gasteiger charge is 2.65. The fourth-order valence-corrected chi connectivity index (χ4v) is 4.73. The van der Waals surface area contributed by atoms with Crippen LogP contribution in [0.5, 0.6) is 0 Å². The van der Waals surface area contributed by atoms with Crippen molar-refractivity contribution >= 4 is 17.9 Å². The summed E-state index contributed by atoms with van der Waals surface area (Å²) >= 11 is 0. The van der Waals surface area contributed by atoms with Crippen LogP contribution in [0.4, 0.5) is 0 Å². The summed E-state index contributed by atoms with van der Waals surface area (Å²) in [7, 11) is 0. The number of aliphatic hydroxyl groups excluding tert-OH is 1. The molecular formula is C21H26O8. The largest absolute Gasteiger partial charge is 0.463 e. The van der Waals surface area contributed by atoms with E-state index in [1.165, 1.54) is 13.8 Å². The lowest BCUT2D eigenvalue weighted by molar-refractivity contribution is -0.177. The minimum atomic E-state index is -1.85. The minimum absolute atomic E-state index is 0.124. The first kappa shape index (κ1) is 21.3. The topological polar surface area (TPSA) is 119 Å². The van der Waals surface area contributed by atoms with Crippen molar-refractivity contribution < 1.29 is 38.8 Å². The van der Waals surface area contributed by atoms with Gasteiger partial charge in [0.1, 0.15) is 24.4 Å². The Labute approximate surface area is 168 Å². The summed E-state index contributed by atoms with van der Waals surface area (Å²) < 4.78 is 16.1. The zero-order chi connectivity index (χ0) is 21.7. The molecule has 0 aromatic rings. The van der Waals surface area contributed by atoms with Gasteiger partial charge in [0.25, 0.3) is 0 Å². The summed E-state index contributed by atoms with van der Waals surface area (Å²) in [5.41, 5.74) is -0.876. The SMILES string of the molecule is C=C(C)C(=O)O[C@H]1CC(=C)[C@@H]2C[C@H](O)[C@](O)(COC(C)=O)[C@@H]2[C@H]2OC(=O)C(=C)[C@@H]21. The van der Waals surface area contributed by atoms with Crippen LogP contribution in [0, 0.1) is 17.8 Å². The highest BCUT2D eigenvalue weighted by atomic mass is 16.6. The van der Waals surface area contributed by atoms with E-state index in [1.807, 2.05) is 0 Å². The van der Waals surface area contributed by atoms with Gasteiger partial charge in [-0.05, 0) is 19.3 Å². The molecule has 1 saturated heterocycles. The molecule has 158 valence electrons. The van der Waals surface area contributed by atoms with Crippen molar-refractivity contribution in [1.29, 1.82) is 0 Å². The lowest BCUT2D eigenvalue weighted by atomic mass is 9.76. The molecule has 8 heteroatoms. The van der Waals surface area contributed by atoms with Crippen LogP contribution < -0.4 is 0 Å². The van der Waals surface area contributed by atoms with Crippen molar-refractivity contribution in [2.45, 2.75) is 50.6 Å². The van der Waals surface area contributed by atoms with Gasteiger partial charge >= 0.3 is 17.9 Å². The highest BCUT2D eigenvalue weighted by Crippen LogP contribution is 2.54.